The van der Waals surface area contributed by atoms with E-state index < -0.39 is 10.0 Å². The van der Waals surface area contributed by atoms with Gasteiger partial charge in [-0.2, -0.15) is 4.31 Å². The summed E-state index contributed by atoms with van der Waals surface area (Å²) in [6, 6.07) is 5.33. The molecular weight excluding hydrogens is 382 g/mol. The van der Waals surface area contributed by atoms with E-state index in [1.807, 2.05) is 0 Å². The lowest BCUT2D eigenvalue weighted by Crippen LogP contribution is -2.38. The summed E-state index contributed by atoms with van der Waals surface area (Å²) in [6.07, 6.45) is 8.92. The van der Waals surface area contributed by atoms with E-state index in [1.165, 1.54) is 26.4 Å². The van der Waals surface area contributed by atoms with Gasteiger partial charge in [0, 0.05) is 25.2 Å². The SMILES string of the molecule is COc1cc(S(=O)(=O)N2CCCCC2)ccc1NC(=S)NC1CCCCC1. The maximum atomic E-state index is 12.9. The number of thiocarbonyl (C=S) groups is 1. The first-order valence-electron chi connectivity index (χ1n) is 9.76. The number of rotatable bonds is 5. The van der Waals surface area contributed by atoms with Gasteiger partial charge in [0.1, 0.15) is 5.75 Å². The fraction of sp³-hybridized carbons (Fsp3) is 0.632. The van der Waals surface area contributed by atoms with E-state index in [9.17, 15) is 8.42 Å². The van der Waals surface area contributed by atoms with Crippen molar-refractivity contribution >= 4 is 33.0 Å². The predicted octanol–water partition coefficient (Wildman–Crippen LogP) is 3.49. The monoisotopic (exact) mass is 411 g/mol. The second-order valence-electron chi connectivity index (χ2n) is 7.26. The molecule has 8 heteroatoms. The van der Waals surface area contributed by atoms with E-state index in [0.717, 1.165) is 32.1 Å². The number of methoxy groups -OCH3 is 1. The van der Waals surface area contributed by atoms with Crippen molar-refractivity contribution in [3.8, 4) is 5.75 Å². The topological polar surface area (TPSA) is 70.7 Å². The van der Waals surface area contributed by atoms with E-state index in [1.54, 1.807) is 22.5 Å². The van der Waals surface area contributed by atoms with Crippen LogP contribution < -0.4 is 15.4 Å². The van der Waals surface area contributed by atoms with Crippen LogP contribution in [0, 0.1) is 0 Å². The zero-order chi connectivity index (χ0) is 19.3. The number of sulfonamides is 1. The van der Waals surface area contributed by atoms with Crippen molar-refractivity contribution in [2.75, 3.05) is 25.5 Å². The van der Waals surface area contributed by atoms with Crippen LogP contribution in [-0.4, -0.2) is 44.1 Å². The van der Waals surface area contributed by atoms with E-state index in [2.05, 4.69) is 10.6 Å². The number of nitrogens with one attached hydrogen (secondary N) is 2. The Morgan fingerprint density at radius 1 is 1.11 bits per heavy atom. The molecule has 27 heavy (non-hydrogen) atoms. The van der Waals surface area contributed by atoms with Crippen molar-refractivity contribution in [2.45, 2.75) is 62.3 Å². The van der Waals surface area contributed by atoms with Gasteiger partial charge in [-0.25, -0.2) is 8.42 Å². The van der Waals surface area contributed by atoms with Crippen LogP contribution in [-0.2, 0) is 10.0 Å². The lowest BCUT2D eigenvalue weighted by Gasteiger charge is -2.26. The average molecular weight is 412 g/mol. The molecule has 1 heterocycles. The molecule has 1 aromatic carbocycles. The Morgan fingerprint density at radius 3 is 2.44 bits per heavy atom. The molecule has 0 radical (unpaired) electrons. The Labute approximate surface area is 167 Å². The van der Waals surface area contributed by atoms with Crippen LogP contribution in [0.1, 0.15) is 51.4 Å². The number of hydrogen-bond acceptors (Lipinski definition) is 4. The van der Waals surface area contributed by atoms with Crippen molar-refractivity contribution < 1.29 is 13.2 Å². The molecule has 150 valence electrons. The molecular formula is C19H29N3O3S2. The van der Waals surface area contributed by atoms with Crippen LogP contribution in [0.25, 0.3) is 0 Å². The lowest BCUT2D eigenvalue weighted by atomic mass is 9.96. The minimum absolute atomic E-state index is 0.262. The summed E-state index contributed by atoms with van der Waals surface area (Å²) in [5, 5.41) is 7.06. The summed E-state index contributed by atoms with van der Waals surface area (Å²) in [7, 11) is -1.95. The highest BCUT2D eigenvalue weighted by molar-refractivity contribution is 7.89. The molecule has 0 spiro atoms. The smallest absolute Gasteiger partial charge is 0.243 e. The molecule has 0 atom stereocenters. The first-order valence-corrected chi connectivity index (χ1v) is 11.6. The summed E-state index contributed by atoms with van der Waals surface area (Å²) >= 11 is 5.43. The Balaban J connectivity index is 1.71. The van der Waals surface area contributed by atoms with E-state index in [-0.39, 0.29) is 4.90 Å². The third kappa shape index (κ3) is 5.12. The number of hydrogen-bond donors (Lipinski definition) is 2. The minimum Gasteiger partial charge on any atom is -0.495 e. The zero-order valence-corrected chi connectivity index (χ0v) is 17.5. The molecule has 1 aliphatic heterocycles. The highest BCUT2D eigenvalue weighted by Gasteiger charge is 2.27. The highest BCUT2D eigenvalue weighted by Crippen LogP contribution is 2.30. The number of anilines is 1. The van der Waals surface area contributed by atoms with Crippen molar-refractivity contribution in [3.05, 3.63) is 18.2 Å². The lowest BCUT2D eigenvalue weighted by molar-refractivity contribution is 0.346. The van der Waals surface area contributed by atoms with E-state index in [4.69, 9.17) is 17.0 Å². The molecule has 1 saturated carbocycles. The number of benzene rings is 1. The first-order chi connectivity index (χ1) is 13.0. The van der Waals surface area contributed by atoms with Crippen LogP contribution in [0.4, 0.5) is 5.69 Å². The van der Waals surface area contributed by atoms with Crippen molar-refractivity contribution in [1.82, 2.24) is 9.62 Å². The summed E-state index contributed by atoms with van der Waals surface area (Å²) in [4.78, 5) is 0.262. The molecule has 1 saturated heterocycles. The fourth-order valence-corrected chi connectivity index (χ4v) is 5.59. The fourth-order valence-electron chi connectivity index (χ4n) is 3.78. The molecule has 6 nitrogen and oxygen atoms in total. The van der Waals surface area contributed by atoms with Gasteiger partial charge in [0.2, 0.25) is 10.0 Å². The molecule has 2 fully saturated rings. The maximum absolute atomic E-state index is 12.9. The molecule has 1 aromatic rings. The van der Waals surface area contributed by atoms with Crippen LogP contribution in [0.15, 0.2) is 23.1 Å². The molecule has 2 N–H and O–H groups in total. The largest absolute Gasteiger partial charge is 0.495 e. The van der Waals surface area contributed by atoms with Crippen molar-refractivity contribution in [2.24, 2.45) is 0 Å². The second-order valence-corrected chi connectivity index (χ2v) is 9.61. The van der Waals surface area contributed by atoms with Gasteiger partial charge in [0.05, 0.1) is 17.7 Å². The van der Waals surface area contributed by atoms with Crippen molar-refractivity contribution in [1.29, 1.82) is 0 Å². The molecule has 1 aliphatic carbocycles. The Hall–Kier alpha value is -1.38. The summed E-state index contributed by atoms with van der Waals surface area (Å²) < 4.78 is 32.7. The zero-order valence-electron chi connectivity index (χ0n) is 15.9. The van der Waals surface area contributed by atoms with E-state index >= 15 is 0 Å². The Morgan fingerprint density at radius 2 is 1.78 bits per heavy atom. The van der Waals surface area contributed by atoms with Gasteiger partial charge in [-0.15, -0.1) is 0 Å². The quantitative estimate of drug-likeness (QED) is 0.723. The predicted molar refractivity (Wildman–Crippen MR) is 112 cm³/mol. The number of piperidine rings is 1. The Bertz CT molecular complexity index is 755. The standard InChI is InChI=1S/C19H29N3O3S2/c1-25-18-14-16(27(23,24)22-12-6-3-7-13-22)10-11-17(18)21-19(26)20-15-8-4-2-5-9-15/h10-11,14-15H,2-9,12-13H2,1H3,(H2,20,21,26). The summed E-state index contributed by atoms with van der Waals surface area (Å²) in [6.45, 7) is 1.17. The van der Waals surface area contributed by atoms with Gasteiger partial charge in [-0.1, -0.05) is 25.7 Å². The van der Waals surface area contributed by atoms with Gasteiger partial charge in [0.25, 0.3) is 0 Å². The number of ether oxygens (including phenoxy) is 1. The highest BCUT2D eigenvalue weighted by atomic mass is 32.2. The molecule has 0 aromatic heterocycles. The minimum atomic E-state index is -3.49. The number of nitrogens with zero attached hydrogens (tertiary/aromatic N) is 1. The maximum Gasteiger partial charge on any atom is 0.243 e. The molecule has 3 rings (SSSR count). The molecule has 0 unspecified atom stereocenters. The van der Waals surface area contributed by atoms with Crippen LogP contribution in [0.5, 0.6) is 5.75 Å². The van der Waals surface area contributed by atoms with Crippen LogP contribution in [0.3, 0.4) is 0 Å². The van der Waals surface area contributed by atoms with Gasteiger partial charge >= 0.3 is 0 Å². The first kappa shape index (κ1) is 20.4. The third-order valence-electron chi connectivity index (χ3n) is 5.31. The van der Waals surface area contributed by atoms with E-state index in [0.29, 0.717) is 35.7 Å². The third-order valence-corrected chi connectivity index (χ3v) is 7.43. The summed E-state index contributed by atoms with van der Waals surface area (Å²) in [5.74, 6) is 0.473. The molecule has 2 aliphatic rings. The molecule has 0 bridgehead atoms. The van der Waals surface area contributed by atoms with Crippen LogP contribution >= 0.6 is 12.2 Å². The second kappa shape index (κ2) is 9.21. The Kier molecular flexibility index (Phi) is 6.94. The van der Waals surface area contributed by atoms with Crippen molar-refractivity contribution in [3.63, 3.8) is 0 Å². The average Bonchev–Trinajstić information content (AvgIpc) is 2.69. The van der Waals surface area contributed by atoms with Crippen LogP contribution in [0.2, 0.25) is 0 Å². The van der Waals surface area contributed by atoms with Gasteiger partial charge in [0.15, 0.2) is 5.11 Å². The van der Waals surface area contributed by atoms with Gasteiger partial charge < -0.3 is 15.4 Å². The van der Waals surface area contributed by atoms with Gasteiger partial charge in [-0.3, -0.25) is 0 Å². The molecule has 0 amide bonds. The summed E-state index contributed by atoms with van der Waals surface area (Å²) in [5.41, 5.74) is 0.670. The normalized spacial score (nSPS) is 19.4. The van der Waals surface area contributed by atoms with Gasteiger partial charge in [-0.05, 0) is 50.0 Å².